The van der Waals surface area contributed by atoms with Crippen molar-refractivity contribution >= 4 is 7.68 Å². The summed E-state index contributed by atoms with van der Waals surface area (Å²) in [5.41, 5.74) is 20.6. The zero-order chi connectivity index (χ0) is 44.8. The summed E-state index contributed by atoms with van der Waals surface area (Å²) in [6.07, 6.45) is 2.55. The summed E-state index contributed by atoms with van der Waals surface area (Å²) in [6.45, 7) is 36.5. The Hall–Kier alpha value is -4.00. The lowest BCUT2D eigenvalue weighted by atomic mass is 9.59. The standard InChI is InChI=1S/C58H75O2P/c1-33(2)43-29-47(35(5)6)55(48(30-43)36(7)8)45-25-19-26-46(56-49(37(9)10)31-44(34(3)4)32-50(56)38(11)12)57(45)58(61(59)60)51(53-39(13)21-17-22-40(53)14)27-20-28-52(58)54-41(15)23-18-24-42(54)16/h17-19,21-26,29-38,51-52H,20,27-28H2,1-16H3. The van der Waals surface area contributed by atoms with Gasteiger partial charge in [0, 0.05) is 11.8 Å². The molecule has 0 bridgehead atoms. The van der Waals surface area contributed by atoms with E-state index in [1.165, 1.54) is 77.9 Å². The van der Waals surface area contributed by atoms with Gasteiger partial charge in [-0.1, -0.05) is 168 Å². The molecule has 1 fully saturated rings. The first-order valence-corrected chi connectivity index (χ1v) is 24.7. The highest BCUT2D eigenvalue weighted by molar-refractivity contribution is 7.32. The van der Waals surface area contributed by atoms with E-state index in [4.69, 9.17) is 0 Å². The molecule has 5 aromatic rings. The van der Waals surface area contributed by atoms with Gasteiger partial charge in [-0.05, 0) is 171 Å². The highest BCUT2D eigenvalue weighted by Gasteiger charge is 2.58. The van der Waals surface area contributed by atoms with Crippen molar-refractivity contribution in [1.29, 1.82) is 0 Å². The van der Waals surface area contributed by atoms with Crippen LogP contribution in [-0.2, 0) is 14.3 Å². The highest BCUT2D eigenvalue weighted by atomic mass is 31.1. The van der Waals surface area contributed by atoms with E-state index in [-0.39, 0.29) is 35.5 Å². The third-order valence-corrected chi connectivity index (χ3v) is 15.9. The van der Waals surface area contributed by atoms with Crippen LogP contribution in [0.15, 0.2) is 78.9 Å². The lowest BCUT2D eigenvalue weighted by Crippen LogP contribution is -2.41. The normalized spacial score (nSPS) is 18.4. The van der Waals surface area contributed by atoms with E-state index in [1.54, 1.807) is 0 Å². The Bertz CT molecular complexity index is 2210. The predicted molar refractivity (Wildman–Crippen MR) is 263 cm³/mol. The molecule has 2 atom stereocenters. The van der Waals surface area contributed by atoms with Crippen molar-refractivity contribution in [3.63, 3.8) is 0 Å². The van der Waals surface area contributed by atoms with Crippen LogP contribution in [0.3, 0.4) is 0 Å². The van der Waals surface area contributed by atoms with Crippen molar-refractivity contribution in [3.8, 4) is 22.3 Å². The molecule has 2 nitrogen and oxygen atoms in total. The summed E-state index contributed by atoms with van der Waals surface area (Å²) < 4.78 is 31.7. The fourth-order valence-electron chi connectivity index (χ4n) is 11.3. The summed E-state index contributed by atoms with van der Waals surface area (Å²) in [6, 6.07) is 29.7. The van der Waals surface area contributed by atoms with Crippen molar-refractivity contribution in [2.75, 3.05) is 0 Å². The molecule has 0 heterocycles. The summed E-state index contributed by atoms with van der Waals surface area (Å²) in [5, 5.41) is -1.29. The van der Waals surface area contributed by atoms with E-state index in [9.17, 15) is 0 Å². The fraction of sp³-hybridized carbons (Fsp3) is 0.483. The first-order chi connectivity index (χ1) is 28.7. The molecule has 6 rings (SSSR count). The summed E-state index contributed by atoms with van der Waals surface area (Å²) in [5.74, 6) is 1.06. The Morgan fingerprint density at radius 1 is 0.459 bits per heavy atom. The zero-order valence-electron chi connectivity index (χ0n) is 40.5. The van der Waals surface area contributed by atoms with Crippen molar-refractivity contribution < 1.29 is 9.13 Å². The van der Waals surface area contributed by atoms with Gasteiger partial charge in [-0.3, -0.25) is 0 Å². The van der Waals surface area contributed by atoms with E-state index in [1.807, 2.05) is 0 Å². The molecule has 3 heteroatoms. The average molecular weight is 835 g/mol. The van der Waals surface area contributed by atoms with Gasteiger partial charge in [0.25, 0.3) is 0 Å². The topological polar surface area (TPSA) is 34.1 Å². The second-order valence-corrected chi connectivity index (χ2v) is 21.8. The highest BCUT2D eigenvalue weighted by Crippen LogP contribution is 2.68. The van der Waals surface area contributed by atoms with Gasteiger partial charge in [0.15, 0.2) is 0 Å². The molecule has 61 heavy (non-hydrogen) atoms. The van der Waals surface area contributed by atoms with Crippen LogP contribution in [-0.4, -0.2) is 0 Å². The maximum absolute atomic E-state index is 15.9. The monoisotopic (exact) mass is 835 g/mol. The maximum Gasteiger partial charge on any atom is 0.327 e. The Kier molecular flexibility index (Phi) is 14.0. The molecule has 0 aliphatic heterocycles. The molecule has 1 saturated carbocycles. The van der Waals surface area contributed by atoms with E-state index < -0.39 is 12.8 Å². The van der Waals surface area contributed by atoms with Gasteiger partial charge in [0.1, 0.15) is 5.16 Å². The number of aryl methyl sites for hydroxylation is 4. The van der Waals surface area contributed by atoms with Crippen LogP contribution in [0.5, 0.6) is 0 Å². The van der Waals surface area contributed by atoms with E-state index in [0.717, 1.165) is 36.0 Å². The SMILES string of the molecule is Cc1cccc(C)c1C1CCCC(c2c(C)cccc2C)C1(c1c(-c2c(C(C)C)cc(C(C)C)cc2C(C)C)cccc1-c1c(C(C)C)cc(C(C)C)cc1C(C)C)P(=O)=O. The molecular formula is C58H75O2P. The van der Waals surface area contributed by atoms with Gasteiger partial charge in [-0.15, -0.1) is 0 Å². The summed E-state index contributed by atoms with van der Waals surface area (Å²) in [4.78, 5) is 0. The van der Waals surface area contributed by atoms with Crippen LogP contribution in [0.1, 0.15) is 222 Å². The first kappa shape index (κ1) is 46.5. The quantitative estimate of drug-likeness (QED) is 0.117. The second kappa shape index (κ2) is 18.4. The molecule has 1 aliphatic carbocycles. The van der Waals surface area contributed by atoms with Gasteiger partial charge in [0.05, 0.1) is 0 Å². The average Bonchev–Trinajstić information content (AvgIpc) is 3.19. The van der Waals surface area contributed by atoms with Gasteiger partial charge in [-0.25, -0.2) is 9.13 Å². The molecule has 0 N–H and O–H groups in total. The number of benzene rings is 5. The van der Waals surface area contributed by atoms with Gasteiger partial charge in [-0.2, -0.15) is 0 Å². The molecule has 0 aromatic heterocycles. The first-order valence-electron chi connectivity index (χ1n) is 23.5. The van der Waals surface area contributed by atoms with Gasteiger partial charge < -0.3 is 0 Å². The maximum atomic E-state index is 15.9. The van der Waals surface area contributed by atoms with Crippen LogP contribution in [0.25, 0.3) is 22.3 Å². The van der Waals surface area contributed by atoms with Crippen LogP contribution in [0, 0.1) is 27.7 Å². The molecule has 0 radical (unpaired) electrons. The van der Waals surface area contributed by atoms with Crippen molar-refractivity contribution in [2.45, 2.75) is 183 Å². The second-order valence-electron chi connectivity index (χ2n) is 20.5. The molecule has 2 unspecified atom stereocenters. The third-order valence-electron chi connectivity index (χ3n) is 14.4. The Labute approximate surface area is 371 Å². The lowest BCUT2D eigenvalue weighted by molar-refractivity contribution is 0.281. The minimum atomic E-state index is -3.10. The molecule has 0 saturated heterocycles. The fourth-order valence-corrected chi connectivity index (χ4v) is 12.8. The molecule has 0 spiro atoms. The Morgan fingerprint density at radius 2 is 0.754 bits per heavy atom. The largest absolute Gasteiger partial charge is 0.327 e. The molecule has 0 amide bonds. The molecule has 324 valence electrons. The number of rotatable bonds is 12. The Balaban J connectivity index is 2.01. The van der Waals surface area contributed by atoms with Crippen LogP contribution in [0.2, 0.25) is 0 Å². The van der Waals surface area contributed by atoms with Gasteiger partial charge in [0.2, 0.25) is 0 Å². The number of hydrogen-bond acceptors (Lipinski definition) is 2. The van der Waals surface area contributed by atoms with E-state index in [2.05, 4.69) is 190 Å². The zero-order valence-corrected chi connectivity index (χ0v) is 41.4. The van der Waals surface area contributed by atoms with Crippen LogP contribution in [0.4, 0.5) is 0 Å². The van der Waals surface area contributed by atoms with Crippen LogP contribution < -0.4 is 0 Å². The summed E-state index contributed by atoms with van der Waals surface area (Å²) >= 11 is 0. The predicted octanol–water partition coefficient (Wildman–Crippen LogP) is 18.1. The summed E-state index contributed by atoms with van der Waals surface area (Å²) in [7, 11) is -3.10. The minimum absolute atomic E-state index is 0.220. The minimum Gasteiger partial charge on any atom is -0.236 e. The Morgan fingerprint density at radius 3 is 1.02 bits per heavy atom. The number of hydrogen-bond donors (Lipinski definition) is 0. The van der Waals surface area contributed by atoms with Gasteiger partial charge >= 0.3 is 7.68 Å². The van der Waals surface area contributed by atoms with E-state index in [0.29, 0.717) is 11.8 Å². The van der Waals surface area contributed by atoms with Crippen LogP contribution >= 0.6 is 7.68 Å². The van der Waals surface area contributed by atoms with Crippen molar-refractivity contribution in [2.24, 2.45) is 0 Å². The van der Waals surface area contributed by atoms with Crippen molar-refractivity contribution in [3.05, 3.63) is 151 Å². The third kappa shape index (κ3) is 8.33. The smallest absolute Gasteiger partial charge is 0.236 e. The van der Waals surface area contributed by atoms with Crippen molar-refractivity contribution in [1.82, 2.24) is 0 Å². The lowest BCUT2D eigenvalue weighted by Gasteiger charge is -2.49. The molecule has 1 aliphatic rings. The van der Waals surface area contributed by atoms with E-state index >= 15 is 9.13 Å². The molecular weight excluding hydrogens is 760 g/mol. The molecule has 5 aromatic carbocycles.